The van der Waals surface area contributed by atoms with Crippen molar-refractivity contribution in [3.63, 3.8) is 0 Å². The molecule has 0 radical (unpaired) electrons. The van der Waals surface area contributed by atoms with Gasteiger partial charge in [0, 0.05) is 30.6 Å². The highest BCUT2D eigenvalue weighted by Gasteiger charge is 2.25. The SMILES string of the molecule is COc1ccccc1[C@@H]1CCN(CCCCn2c(=O)[nH]c3c(sc4ncccc43)c2=O)C1. The number of para-hydroxylation sites is 1. The van der Waals surface area contributed by atoms with Gasteiger partial charge < -0.3 is 14.6 Å². The first-order valence-corrected chi connectivity index (χ1v) is 11.8. The van der Waals surface area contributed by atoms with Gasteiger partial charge in [0.2, 0.25) is 0 Å². The molecule has 1 N–H and O–H groups in total. The first-order chi connectivity index (χ1) is 15.7. The predicted molar refractivity (Wildman–Crippen MR) is 128 cm³/mol. The number of methoxy groups -OCH3 is 1. The van der Waals surface area contributed by atoms with Gasteiger partial charge in [0.1, 0.15) is 15.3 Å². The molecule has 0 amide bonds. The summed E-state index contributed by atoms with van der Waals surface area (Å²) in [6.07, 6.45) is 4.55. The molecule has 1 aliphatic heterocycles. The summed E-state index contributed by atoms with van der Waals surface area (Å²) < 4.78 is 7.43. The summed E-state index contributed by atoms with van der Waals surface area (Å²) in [4.78, 5) is 35.9. The summed E-state index contributed by atoms with van der Waals surface area (Å²) in [6.45, 7) is 3.47. The number of H-pyrrole nitrogens is 1. The predicted octanol–water partition coefficient (Wildman–Crippen LogP) is 3.58. The van der Waals surface area contributed by atoms with Crippen LogP contribution in [0.15, 0.2) is 52.2 Å². The molecule has 32 heavy (non-hydrogen) atoms. The third-order valence-electron chi connectivity index (χ3n) is 6.34. The van der Waals surface area contributed by atoms with E-state index in [1.165, 1.54) is 21.5 Å². The Balaban J connectivity index is 1.21. The third-order valence-corrected chi connectivity index (χ3v) is 7.44. The van der Waals surface area contributed by atoms with E-state index in [2.05, 4.69) is 27.0 Å². The van der Waals surface area contributed by atoms with Crippen LogP contribution in [0.1, 0.15) is 30.7 Å². The lowest BCUT2D eigenvalue weighted by Crippen LogP contribution is -2.34. The van der Waals surface area contributed by atoms with Gasteiger partial charge in [-0.15, -0.1) is 11.3 Å². The Morgan fingerprint density at radius 2 is 2.00 bits per heavy atom. The van der Waals surface area contributed by atoms with E-state index in [4.69, 9.17) is 4.74 Å². The van der Waals surface area contributed by atoms with Crippen molar-refractivity contribution in [2.24, 2.45) is 0 Å². The van der Waals surface area contributed by atoms with Crippen LogP contribution in [-0.2, 0) is 6.54 Å². The summed E-state index contributed by atoms with van der Waals surface area (Å²) in [6, 6.07) is 12.0. The largest absolute Gasteiger partial charge is 0.496 e. The highest BCUT2D eigenvalue weighted by molar-refractivity contribution is 7.25. The van der Waals surface area contributed by atoms with E-state index in [1.54, 1.807) is 13.3 Å². The van der Waals surface area contributed by atoms with Crippen molar-refractivity contribution in [1.82, 2.24) is 19.4 Å². The lowest BCUT2D eigenvalue weighted by atomic mass is 9.97. The molecule has 8 heteroatoms. The zero-order valence-corrected chi connectivity index (χ0v) is 18.9. The normalized spacial score (nSPS) is 16.8. The number of ether oxygens (including phenoxy) is 1. The molecule has 0 bridgehead atoms. The fourth-order valence-corrected chi connectivity index (χ4v) is 5.75. The number of unbranched alkanes of at least 4 members (excludes halogenated alkanes) is 1. The molecule has 0 saturated carbocycles. The monoisotopic (exact) mass is 450 g/mol. The molecule has 1 saturated heterocycles. The number of hydrogen-bond donors (Lipinski definition) is 1. The molecular weight excluding hydrogens is 424 g/mol. The highest BCUT2D eigenvalue weighted by atomic mass is 32.1. The third kappa shape index (κ3) is 3.84. The van der Waals surface area contributed by atoms with Crippen LogP contribution >= 0.6 is 11.3 Å². The number of thiophene rings is 1. The number of fused-ring (bicyclic) bond motifs is 3. The number of likely N-dealkylation sites (tertiary alicyclic amines) is 1. The fourth-order valence-electron chi connectivity index (χ4n) is 4.70. The molecule has 4 heterocycles. The molecule has 0 unspecified atom stereocenters. The lowest BCUT2D eigenvalue weighted by molar-refractivity contribution is 0.320. The van der Waals surface area contributed by atoms with Crippen molar-refractivity contribution in [1.29, 1.82) is 0 Å². The standard InChI is InChI=1S/C24H26N4O3S/c1-31-19-9-3-2-7-17(19)16-10-14-27(15-16)12-4-5-13-28-23(29)21-20(26-24(28)30)18-8-6-11-25-22(18)32-21/h2-3,6-9,11,16H,4-5,10,12-15H2,1H3,(H,26,30)/t16-/m1/s1. The number of nitrogens with zero attached hydrogens (tertiary/aromatic N) is 3. The average Bonchev–Trinajstić information content (AvgIpc) is 3.43. The first-order valence-electron chi connectivity index (χ1n) is 11.0. The maximum Gasteiger partial charge on any atom is 0.328 e. The number of nitrogens with one attached hydrogen (secondary N) is 1. The lowest BCUT2D eigenvalue weighted by Gasteiger charge is -2.17. The second kappa shape index (κ2) is 8.88. The Hall–Kier alpha value is -2.97. The average molecular weight is 451 g/mol. The number of rotatable bonds is 7. The topological polar surface area (TPSA) is 80.2 Å². The summed E-state index contributed by atoms with van der Waals surface area (Å²) in [5.41, 5.74) is 1.32. The Morgan fingerprint density at radius 1 is 1.16 bits per heavy atom. The number of hydrogen-bond acceptors (Lipinski definition) is 6. The van der Waals surface area contributed by atoms with E-state index < -0.39 is 0 Å². The van der Waals surface area contributed by atoms with Crippen LogP contribution < -0.4 is 16.0 Å². The zero-order chi connectivity index (χ0) is 22.1. The Kier molecular flexibility index (Phi) is 5.80. The van der Waals surface area contributed by atoms with E-state index in [-0.39, 0.29) is 11.2 Å². The van der Waals surface area contributed by atoms with Gasteiger partial charge in [-0.05, 0) is 56.1 Å². The minimum atomic E-state index is -0.344. The van der Waals surface area contributed by atoms with Crippen LogP contribution in [0.5, 0.6) is 5.75 Å². The van der Waals surface area contributed by atoms with Crippen molar-refractivity contribution in [3.8, 4) is 5.75 Å². The van der Waals surface area contributed by atoms with Gasteiger partial charge >= 0.3 is 5.69 Å². The minimum Gasteiger partial charge on any atom is -0.496 e. The summed E-state index contributed by atoms with van der Waals surface area (Å²) in [7, 11) is 1.72. The van der Waals surface area contributed by atoms with Gasteiger partial charge in [-0.25, -0.2) is 9.78 Å². The maximum atomic E-state index is 12.9. The van der Waals surface area contributed by atoms with Crippen LogP contribution in [0, 0.1) is 0 Å². The molecule has 7 nitrogen and oxygen atoms in total. The molecular formula is C24H26N4O3S. The first kappa shape index (κ1) is 20.9. The van der Waals surface area contributed by atoms with Crippen molar-refractivity contribution >= 4 is 31.8 Å². The van der Waals surface area contributed by atoms with E-state index in [0.29, 0.717) is 22.7 Å². The molecule has 0 spiro atoms. The number of aromatic nitrogens is 3. The molecule has 4 aromatic rings. The molecule has 1 atom stereocenters. The highest BCUT2D eigenvalue weighted by Crippen LogP contribution is 2.33. The van der Waals surface area contributed by atoms with Crippen molar-refractivity contribution in [2.75, 3.05) is 26.7 Å². The molecule has 5 rings (SSSR count). The van der Waals surface area contributed by atoms with Crippen molar-refractivity contribution < 1.29 is 4.74 Å². The molecule has 3 aromatic heterocycles. The Morgan fingerprint density at radius 3 is 2.88 bits per heavy atom. The number of pyridine rings is 1. The van der Waals surface area contributed by atoms with Gasteiger partial charge in [0.15, 0.2) is 0 Å². The van der Waals surface area contributed by atoms with Gasteiger partial charge in [0.05, 0.1) is 12.6 Å². The van der Waals surface area contributed by atoms with Gasteiger partial charge in [0.25, 0.3) is 5.56 Å². The second-order valence-corrected chi connectivity index (χ2v) is 9.28. The summed E-state index contributed by atoms with van der Waals surface area (Å²) in [5, 5.41) is 0.826. The van der Waals surface area contributed by atoms with Crippen LogP contribution in [0.2, 0.25) is 0 Å². The smallest absolute Gasteiger partial charge is 0.328 e. The van der Waals surface area contributed by atoms with Crippen molar-refractivity contribution in [2.45, 2.75) is 31.7 Å². The van der Waals surface area contributed by atoms with Gasteiger partial charge in [-0.3, -0.25) is 9.36 Å². The van der Waals surface area contributed by atoms with E-state index in [9.17, 15) is 9.59 Å². The maximum absolute atomic E-state index is 12.9. The Bertz CT molecular complexity index is 1370. The van der Waals surface area contributed by atoms with E-state index in [1.807, 2.05) is 24.3 Å². The van der Waals surface area contributed by atoms with Gasteiger partial charge in [-0.2, -0.15) is 0 Å². The van der Waals surface area contributed by atoms with E-state index >= 15 is 0 Å². The molecule has 1 aromatic carbocycles. The number of aromatic amines is 1. The van der Waals surface area contributed by atoms with E-state index in [0.717, 1.165) is 54.9 Å². The van der Waals surface area contributed by atoms with Gasteiger partial charge in [-0.1, -0.05) is 18.2 Å². The van der Waals surface area contributed by atoms with Crippen LogP contribution in [0.4, 0.5) is 0 Å². The molecule has 1 fully saturated rings. The quantitative estimate of drug-likeness (QED) is 0.436. The van der Waals surface area contributed by atoms with Crippen LogP contribution in [0.3, 0.4) is 0 Å². The minimum absolute atomic E-state index is 0.218. The Labute approximate surface area is 189 Å². The molecule has 166 valence electrons. The summed E-state index contributed by atoms with van der Waals surface area (Å²) >= 11 is 1.34. The molecule has 0 aliphatic carbocycles. The van der Waals surface area contributed by atoms with Crippen LogP contribution in [-0.4, -0.2) is 46.2 Å². The fraction of sp³-hybridized carbons (Fsp3) is 0.375. The second-order valence-electron chi connectivity index (χ2n) is 8.28. The van der Waals surface area contributed by atoms with Crippen LogP contribution in [0.25, 0.3) is 20.4 Å². The summed E-state index contributed by atoms with van der Waals surface area (Å²) in [5.74, 6) is 1.45. The number of benzene rings is 1. The van der Waals surface area contributed by atoms with Crippen molar-refractivity contribution in [3.05, 3.63) is 69.0 Å². The molecule has 1 aliphatic rings. The zero-order valence-electron chi connectivity index (χ0n) is 18.0.